The zero-order valence-corrected chi connectivity index (χ0v) is 12.9. The van der Waals surface area contributed by atoms with E-state index in [-0.39, 0.29) is 0 Å². The molecule has 0 aromatic heterocycles. The Balaban J connectivity index is 2.44. The van der Waals surface area contributed by atoms with Gasteiger partial charge in [0, 0.05) is 0 Å². The molecule has 0 aromatic carbocycles. The zero-order chi connectivity index (χ0) is 12.9. The van der Waals surface area contributed by atoms with Crippen molar-refractivity contribution in [3.63, 3.8) is 0 Å². The Labute approximate surface area is 110 Å². The molecule has 0 bridgehead atoms. The molecule has 17 heavy (non-hydrogen) atoms. The predicted molar refractivity (Wildman–Crippen MR) is 78.2 cm³/mol. The number of rotatable bonds is 8. The molecule has 0 N–H and O–H groups in total. The average molecular weight is 238 g/mol. The summed E-state index contributed by atoms with van der Waals surface area (Å²) in [7, 11) is 0. The van der Waals surface area contributed by atoms with E-state index in [4.69, 9.17) is 0 Å². The molecule has 0 amide bonds. The van der Waals surface area contributed by atoms with Crippen LogP contribution >= 0.6 is 0 Å². The third-order valence-electron chi connectivity index (χ3n) is 5.76. The third-order valence-corrected chi connectivity index (χ3v) is 5.76. The average Bonchev–Trinajstić information content (AvgIpc) is 2.31. The van der Waals surface area contributed by atoms with Crippen LogP contribution in [0, 0.1) is 23.2 Å². The highest BCUT2D eigenvalue weighted by molar-refractivity contribution is 4.91. The second-order valence-electron chi connectivity index (χ2n) is 6.62. The van der Waals surface area contributed by atoms with Gasteiger partial charge in [-0.2, -0.15) is 0 Å². The number of unbranched alkanes of at least 4 members (excludes halogenated alkanes) is 1. The van der Waals surface area contributed by atoms with E-state index in [0.29, 0.717) is 5.41 Å². The molecule has 0 spiro atoms. The summed E-state index contributed by atoms with van der Waals surface area (Å²) in [4.78, 5) is 0. The van der Waals surface area contributed by atoms with Crippen LogP contribution in [-0.4, -0.2) is 0 Å². The summed E-state index contributed by atoms with van der Waals surface area (Å²) in [5, 5.41) is 0. The molecule has 0 heteroatoms. The first kappa shape index (κ1) is 15.1. The van der Waals surface area contributed by atoms with E-state index in [2.05, 4.69) is 34.6 Å². The minimum atomic E-state index is 0.606. The largest absolute Gasteiger partial charge is 0.0654 e. The molecular weight excluding hydrogens is 204 g/mol. The summed E-state index contributed by atoms with van der Waals surface area (Å²) >= 11 is 0. The standard InChI is InChI=1S/C17H34/c1-6-10-11-14-12-15(13-14)16(7-2)17(5,8-3)9-4/h14-16H,6-13H2,1-5H3. The molecule has 102 valence electrons. The lowest BCUT2D eigenvalue weighted by Crippen LogP contribution is -2.38. The van der Waals surface area contributed by atoms with E-state index in [1.165, 1.54) is 51.4 Å². The maximum atomic E-state index is 2.53. The van der Waals surface area contributed by atoms with E-state index in [9.17, 15) is 0 Å². The molecule has 0 radical (unpaired) electrons. The van der Waals surface area contributed by atoms with Crippen molar-refractivity contribution in [1.82, 2.24) is 0 Å². The summed E-state index contributed by atoms with van der Waals surface area (Å²) in [5.41, 5.74) is 0.606. The predicted octanol–water partition coefficient (Wildman–Crippen LogP) is 6.06. The van der Waals surface area contributed by atoms with Crippen LogP contribution < -0.4 is 0 Å². The van der Waals surface area contributed by atoms with Gasteiger partial charge in [0.15, 0.2) is 0 Å². The van der Waals surface area contributed by atoms with E-state index >= 15 is 0 Å². The molecule has 1 atom stereocenters. The van der Waals surface area contributed by atoms with Crippen molar-refractivity contribution in [2.75, 3.05) is 0 Å². The maximum absolute atomic E-state index is 2.53. The first-order valence-electron chi connectivity index (χ1n) is 8.11. The van der Waals surface area contributed by atoms with Crippen LogP contribution in [0.4, 0.5) is 0 Å². The maximum Gasteiger partial charge on any atom is -0.0300 e. The first-order valence-corrected chi connectivity index (χ1v) is 8.11. The molecule has 1 aliphatic carbocycles. The molecule has 1 saturated carbocycles. The van der Waals surface area contributed by atoms with Crippen molar-refractivity contribution in [2.45, 2.75) is 86.0 Å². The molecule has 0 saturated heterocycles. The van der Waals surface area contributed by atoms with Crippen LogP contribution in [0.5, 0.6) is 0 Å². The molecular formula is C17H34. The highest BCUT2D eigenvalue weighted by Gasteiger charge is 2.41. The summed E-state index contributed by atoms with van der Waals surface area (Å²) in [5.74, 6) is 3.11. The van der Waals surface area contributed by atoms with Gasteiger partial charge in [0.2, 0.25) is 0 Å². The molecule has 1 fully saturated rings. The quantitative estimate of drug-likeness (QED) is 0.482. The van der Waals surface area contributed by atoms with Gasteiger partial charge in [-0.3, -0.25) is 0 Å². The summed E-state index contributed by atoms with van der Waals surface area (Å²) in [6, 6.07) is 0. The summed E-state index contributed by atoms with van der Waals surface area (Å²) < 4.78 is 0. The minimum Gasteiger partial charge on any atom is -0.0654 e. The molecule has 0 nitrogen and oxygen atoms in total. The Morgan fingerprint density at radius 2 is 1.65 bits per heavy atom. The van der Waals surface area contributed by atoms with Gasteiger partial charge in [-0.25, -0.2) is 0 Å². The fraction of sp³-hybridized carbons (Fsp3) is 1.00. The van der Waals surface area contributed by atoms with Gasteiger partial charge < -0.3 is 0 Å². The number of hydrogen-bond acceptors (Lipinski definition) is 0. The van der Waals surface area contributed by atoms with Crippen LogP contribution in [0.15, 0.2) is 0 Å². The molecule has 1 aliphatic rings. The second kappa shape index (κ2) is 6.81. The first-order chi connectivity index (χ1) is 8.11. The number of hydrogen-bond donors (Lipinski definition) is 0. The lowest BCUT2D eigenvalue weighted by molar-refractivity contribution is 0.0211. The normalized spacial score (nSPS) is 26.6. The molecule has 0 heterocycles. The Hall–Kier alpha value is 0. The molecule has 0 aromatic rings. The van der Waals surface area contributed by atoms with Gasteiger partial charge in [0.05, 0.1) is 0 Å². The monoisotopic (exact) mass is 238 g/mol. The van der Waals surface area contributed by atoms with Gasteiger partial charge in [0.25, 0.3) is 0 Å². The zero-order valence-electron chi connectivity index (χ0n) is 12.9. The summed E-state index contributed by atoms with van der Waals surface area (Å²) in [6.07, 6.45) is 11.5. The van der Waals surface area contributed by atoms with Crippen LogP contribution in [0.1, 0.15) is 86.0 Å². The lowest BCUT2D eigenvalue weighted by atomic mass is 9.57. The van der Waals surface area contributed by atoms with Crippen LogP contribution in [0.25, 0.3) is 0 Å². The van der Waals surface area contributed by atoms with E-state index in [1.807, 2.05) is 0 Å². The van der Waals surface area contributed by atoms with Gasteiger partial charge in [0.1, 0.15) is 0 Å². The Morgan fingerprint density at radius 1 is 1.06 bits per heavy atom. The highest BCUT2D eigenvalue weighted by atomic mass is 14.5. The van der Waals surface area contributed by atoms with Gasteiger partial charge in [-0.15, -0.1) is 0 Å². The smallest absolute Gasteiger partial charge is 0.0300 e. The van der Waals surface area contributed by atoms with Crippen molar-refractivity contribution in [3.05, 3.63) is 0 Å². The summed E-state index contributed by atoms with van der Waals surface area (Å²) in [6.45, 7) is 12.0. The third kappa shape index (κ3) is 3.48. The fourth-order valence-corrected chi connectivity index (χ4v) is 4.01. The minimum absolute atomic E-state index is 0.606. The SMILES string of the molecule is CCCCC1CC(C(CC)C(C)(CC)CC)C1. The van der Waals surface area contributed by atoms with Crippen LogP contribution in [0.3, 0.4) is 0 Å². The Kier molecular flexibility index (Phi) is 6.03. The fourth-order valence-electron chi connectivity index (χ4n) is 4.01. The van der Waals surface area contributed by atoms with Crippen molar-refractivity contribution in [3.8, 4) is 0 Å². The lowest BCUT2D eigenvalue weighted by Gasteiger charge is -2.48. The van der Waals surface area contributed by atoms with E-state index < -0.39 is 0 Å². The van der Waals surface area contributed by atoms with Gasteiger partial charge in [-0.1, -0.05) is 73.1 Å². The molecule has 0 aliphatic heterocycles. The Bertz CT molecular complexity index is 196. The van der Waals surface area contributed by atoms with E-state index in [1.54, 1.807) is 0 Å². The molecule has 1 unspecified atom stereocenters. The van der Waals surface area contributed by atoms with Crippen molar-refractivity contribution < 1.29 is 0 Å². The van der Waals surface area contributed by atoms with E-state index in [0.717, 1.165) is 17.8 Å². The van der Waals surface area contributed by atoms with Crippen LogP contribution in [0.2, 0.25) is 0 Å². The van der Waals surface area contributed by atoms with Crippen LogP contribution in [-0.2, 0) is 0 Å². The highest BCUT2D eigenvalue weighted by Crippen LogP contribution is 2.51. The van der Waals surface area contributed by atoms with Gasteiger partial charge >= 0.3 is 0 Å². The van der Waals surface area contributed by atoms with Gasteiger partial charge in [-0.05, 0) is 36.0 Å². The Morgan fingerprint density at radius 3 is 2.06 bits per heavy atom. The van der Waals surface area contributed by atoms with Crippen molar-refractivity contribution in [2.24, 2.45) is 23.2 Å². The second-order valence-corrected chi connectivity index (χ2v) is 6.62. The molecule has 1 rings (SSSR count). The van der Waals surface area contributed by atoms with Crippen molar-refractivity contribution in [1.29, 1.82) is 0 Å². The topological polar surface area (TPSA) is 0 Å². The van der Waals surface area contributed by atoms with Crippen molar-refractivity contribution >= 4 is 0 Å².